The summed E-state index contributed by atoms with van der Waals surface area (Å²) in [5.74, 6) is -0.584. The van der Waals surface area contributed by atoms with Crippen molar-refractivity contribution in [3.63, 3.8) is 0 Å². The van der Waals surface area contributed by atoms with Crippen molar-refractivity contribution in [2.24, 2.45) is 5.73 Å². The summed E-state index contributed by atoms with van der Waals surface area (Å²) in [6.07, 6.45) is 1.72. The molecule has 0 aliphatic carbocycles. The van der Waals surface area contributed by atoms with Gasteiger partial charge in [-0.25, -0.2) is 4.39 Å². The third-order valence-corrected chi connectivity index (χ3v) is 2.73. The zero-order chi connectivity index (χ0) is 13.8. The van der Waals surface area contributed by atoms with E-state index in [-0.39, 0.29) is 23.3 Å². The molecule has 2 aromatic rings. The molecule has 0 fully saturated rings. The molecule has 1 aromatic heterocycles. The highest BCUT2D eigenvalue weighted by Gasteiger charge is 2.08. The van der Waals surface area contributed by atoms with E-state index in [0.717, 1.165) is 0 Å². The maximum atomic E-state index is 12.7. The fourth-order valence-electron chi connectivity index (χ4n) is 1.66. The molecule has 0 aliphatic rings. The van der Waals surface area contributed by atoms with E-state index in [1.807, 2.05) is 0 Å². The first kappa shape index (κ1) is 13.2. The van der Waals surface area contributed by atoms with E-state index in [1.165, 1.54) is 24.3 Å². The number of thiocarbonyl (C=S) groups is 1. The summed E-state index contributed by atoms with van der Waals surface area (Å²) in [5, 5.41) is 2.66. The third kappa shape index (κ3) is 3.38. The van der Waals surface area contributed by atoms with Crippen LogP contribution in [0.4, 0.5) is 10.1 Å². The predicted octanol–water partition coefficient (Wildman–Crippen LogP) is 1.90. The number of nitrogens with one attached hydrogen (secondary N) is 1. The smallest absolute Gasteiger partial charge is 0.244 e. The van der Waals surface area contributed by atoms with Crippen LogP contribution in [0.3, 0.4) is 0 Å². The second-order valence-corrected chi connectivity index (χ2v) is 4.38. The number of nitrogens with zero attached hydrogens (tertiary/aromatic N) is 1. The maximum Gasteiger partial charge on any atom is 0.244 e. The molecular weight excluding hydrogens is 265 g/mol. The van der Waals surface area contributed by atoms with E-state index in [1.54, 1.807) is 22.9 Å². The Hall–Kier alpha value is -2.21. The average Bonchev–Trinajstić information content (AvgIpc) is 2.80. The number of aromatic nitrogens is 1. The van der Waals surface area contributed by atoms with E-state index in [4.69, 9.17) is 18.0 Å². The molecule has 0 radical (unpaired) electrons. The molecule has 1 aromatic carbocycles. The van der Waals surface area contributed by atoms with Crippen LogP contribution in [0.1, 0.15) is 5.69 Å². The average molecular weight is 277 g/mol. The van der Waals surface area contributed by atoms with E-state index in [9.17, 15) is 9.18 Å². The largest absolute Gasteiger partial charge is 0.388 e. The second-order valence-electron chi connectivity index (χ2n) is 3.94. The van der Waals surface area contributed by atoms with Gasteiger partial charge in [-0.2, -0.15) is 0 Å². The van der Waals surface area contributed by atoms with Crippen LogP contribution in [0.15, 0.2) is 42.6 Å². The van der Waals surface area contributed by atoms with Crippen LogP contribution in [0.25, 0.3) is 0 Å². The number of rotatable bonds is 4. The number of anilines is 1. The van der Waals surface area contributed by atoms with Crippen molar-refractivity contribution in [3.05, 3.63) is 54.1 Å². The minimum absolute atomic E-state index is 0.0943. The Morgan fingerprint density at radius 2 is 2.00 bits per heavy atom. The number of halogens is 1. The second kappa shape index (κ2) is 5.62. The molecule has 1 heterocycles. The van der Waals surface area contributed by atoms with Crippen LogP contribution >= 0.6 is 12.2 Å². The van der Waals surface area contributed by atoms with Crippen LogP contribution < -0.4 is 11.1 Å². The lowest BCUT2D eigenvalue weighted by Crippen LogP contribution is -2.22. The zero-order valence-electron chi connectivity index (χ0n) is 9.97. The van der Waals surface area contributed by atoms with Gasteiger partial charge in [0, 0.05) is 11.9 Å². The minimum atomic E-state index is -0.348. The standard InChI is InChI=1S/C13H12FN3OS/c14-9-3-5-10(6-4-9)16-12(18)8-17-7-1-2-11(17)13(15)19/h1-7H,8H2,(H2,15,19)(H,16,18). The molecule has 6 heteroatoms. The lowest BCUT2D eigenvalue weighted by molar-refractivity contribution is -0.116. The van der Waals surface area contributed by atoms with Gasteiger partial charge in [-0.05, 0) is 36.4 Å². The normalized spacial score (nSPS) is 10.2. The van der Waals surface area contributed by atoms with Gasteiger partial charge in [0.2, 0.25) is 5.91 Å². The molecular formula is C13H12FN3OS. The number of carbonyl (C=O) groups is 1. The number of hydrogen-bond acceptors (Lipinski definition) is 2. The van der Waals surface area contributed by atoms with Gasteiger partial charge in [0.25, 0.3) is 0 Å². The molecule has 0 spiro atoms. The van der Waals surface area contributed by atoms with Crippen molar-refractivity contribution in [2.45, 2.75) is 6.54 Å². The highest BCUT2D eigenvalue weighted by molar-refractivity contribution is 7.80. The van der Waals surface area contributed by atoms with Crippen molar-refractivity contribution >= 4 is 28.8 Å². The summed E-state index contributed by atoms with van der Waals surface area (Å²) in [4.78, 5) is 12.1. The Morgan fingerprint density at radius 1 is 1.32 bits per heavy atom. The minimum Gasteiger partial charge on any atom is -0.388 e. The molecule has 98 valence electrons. The molecule has 3 N–H and O–H groups in total. The highest BCUT2D eigenvalue weighted by Crippen LogP contribution is 2.09. The molecule has 0 aliphatic heterocycles. The van der Waals surface area contributed by atoms with Crippen molar-refractivity contribution in [3.8, 4) is 0 Å². The van der Waals surface area contributed by atoms with E-state index >= 15 is 0 Å². The van der Waals surface area contributed by atoms with Gasteiger partial charge in [-0.15, -0.1) is 0 Å². The van der Waals surface area contributed by atoms with E-state index in [0.29, 0.717) is 11.4 Å². The first-order chi connectivity index (χ1) is 9.06. The Labute approximate surface area is 115 Å². The Kier molecular flexibility index (Phi) is 3.91. The van der Waals surface area contributed by atoms with Crippen molar-refractivity contribution < 1.29 is 9.18 Å². The lowest BCUT2D eigenvalue weighted by atomic mass is 10.3. The van der Waals surface area contributed by atoms with Crippen LogP contribution in [0, 0.1) is 5.82 Å². The molecule has 4 nitrogen and oxygen atoms in total. The number of amides is 1. The molecule has 2 rings (SSSR count). The Balaban J connectivity index is 2.03. The van der Waals surface area contributed by atoms with Crippen molar-refractivity contribution in [1.29, 1.82) is 0 Å². The zero-order valence-corrected chi connectivity index (χ0v) is 10.8. The molecule has 0 bridgehead atoms. The van der Waals surface area contributed by atoms with Crippen LogP contribution in [-0.4, -0.2) is 15.5 Å². The fourth-order valence-corrected chi connectivity index (χ4v) is 1.85. The van der Waals surface area contributed by atoms with Gasteiger partial charge in [-0.3, -0.25) is 4.79 Å². The van der Waals surface area contributed by atoms with Crippen molar-refractivity contribution in [2.75, 3.05) is 5.32 Å². The van der Waals surface area contributed by atoms with Crippen LogP contribution in [0.5, 0.6) is 0 Å². The summed E-state index contributed by atoms with van der Waals surface area (Å²) < 4.78 is 14.4. The van der Waals surface area contributed by atoms with Gasteiger partial charge in [0.1, 0.15) is 17.4 Å². The molecule has 0 saturated carbocycles. The summed E-state index contributed by atoms with van der Waals surface area (Å²) in [5.41, 5.74) is 6.71. The van der Waals surface area contributed by atoms with Gasteiger partial charge < -0.3 is 15.6 Å². The molecule has 1 amide bonds. The van der Waals surface area contributed by atoms with Gasteiger partial charge >= 0.3 is 0 Å². The maximum absolute atomic E-state index is 12.7. The molecule has 0 atom stereocenters. The van der Waals surface area contributed by atoms with Gasteiger partial charge in [-0.1, -0.05) is 12.2 Å². The number of nitrogens with two attached hydrogens (primary N) is 1. The van der Waals surface area contributed by atoms with Gasteiger partial charge in [0.05, 0.1) is 5.69 Å². The molecule has 0 unspecified atom stereocenters. The number of benzene rings is 1. The SMILES string of the molecule is NC(=S)c1cccn1CC(=O)Nc1ccc(F)cc1. The Bertz CT molecular complexity index is 607. The molecule has 19 heavy (non-hydrogen) atoms. The lowest BCUT2D eigenvalue weighted by Gasteiger charge is -2.09. The summed E-state index contributed by atoms with van der Waals surface area (Å²) in [6.45, 7) is 0.0943. The highest BCUT2D eigenvalue weighted by atomic mass is 32.1. The molecule has 0 saturated heterocycles. The van der Waals surface area contributed by atoms with E-state index < -0.39 is 0 Å². The number of carbonyl (C=O) groups excluding carboxylic acids is 1. The fraction of sp³-hybridized carbons (Fsp3) is 0.0769. The topological polar surface area (TPSA) is 60.0 Å². The van der Waals surface area contributed by atoms with Crippen molar-refractivity contribution in [1.82, 2.24) is 4.57 Å². The predicted molar refractivity (Wildman–Crippen MR) is 75.3 cm³/mol. The van der Waals surface area contributed by atoms with E-state index in [2.05, 4.69) is 5.32 Å². The van der Waals surface area contributed by atoms with Crippen LogP contribution in [-0.2, 0) is 11.3 Å². The first-order valence-electron chi connectivity index (χ1n) is 5.56. The number of hydrogen-bond donors (Lipinski definition) is 2. The summed E-state index contributed by atoms with van der Waals surface area (Å²) in [7, 11) is 0. The quantitative estimate of drug-likeness (QED) is 0.839. The summed E-state index contributed by atoms with van der Waals surface area (Å²) >= 11 is 4.88. The first-order valence-corrected chi connectivity index (χ1v) is 5.97. The summed E-state index contributed by atoms with van der Waals surface area (Å²) in [6, 6.07) is 9.07. The third-order valence-electron chi connectivity index (χ3n) is 2.52. The van der Waals surface area contributed by atoms with Crippen LogP contribution in [0.2, 0.25) is 0 Å². The Morgan fingerprint density at radius 3 is 2.63 bits per heavy atom. The van der Waals surface area contributed by atoms with Gasteiger partial charge in [0.15, 0.2) is 0 Å². The monoisotopic (exact) mass is 277 g/mol.